The Morgan fingerprint density at radius 3 is 2.92 bits per heavy atom. The van der Waals surface area contributed by atoms with E-state index in [0.29, 0.717) is 0 Å². The molecule has 2 rings (SSSR count). The lowest BCUT2D eigenvalue weighted by atomic mass is 10.1. The molecule has 0 atom stereocenters. The van der Waals surface area contributed by atoms with Gasteiger partial charge in [0.05, 0.1) is 5.52 Å². The van der Waals surface area contributed by atoms with Crippen LogP contribution in [0.25, 0.3) is 10.9 Å². The van der Waals surface area contributed by atoms with Crippen LogP contribution in [-0.4, -0.2) is 9.97 Å². The van der Waals surface area contributed by atoms with Crippen molar-refractivity contribution in [3.63, 3.8) is 0 Å². The minimum absolute atomic E-state index is 0.286. The van der Waals surface area contributed by atoms with Crippen molar-refractivity contribution in [3.8, 4) is 0 Å². The predicted molar refractivity (Wildman–Crippen MR) is 57.0 cm³/mol. The smallest absolute Gasteiger partial charge is 0.222 e. The van der Waals surface area contributed by atoms with E-state index < -0.39 is 0 Å². The molecule has 0 aliphatic heterocycles. The fraction of sp³-hybridized carbons (Fsp3) is 0.111. The van der Waals surface area contributed by atoms with E-state index in [4.69, 9.17) is 11.6 Å². The lowest BCUT2D eigenvalue weighted by Crippen LogP contribution is -1.87. The summed E-state index contributed by atoms with van der Waals surface area (Å²) in [5, 5.41) is 1.28. The van der Waals surface area contributed by atoms with Gasteiger partial charge in [0.1, 0.15) is 0 Å². The third-order valence-corrected chi connectivity index (χ3v) is 2.74. The number of hydrogen-bond donors (Lipinski definition) is 0. The van der Waals surface area contributed by atoms with Crippen molar-refractivity contribution >= 4 is 38.4 Å². The molecule has 1 aromatic heterocycles. The summed E-state index contributed by atoms with van der Waals surface area (Å²) in [4.78, 5) is 8.09. The van der Waals surface area contributed by atoms with Crippen LogP contribution in [0.3, 0.4) is 0 Å². The summed E-state index contributed by atoms with van der Waals surface area (Å²) in [6, 6.07) is 3.98. The van der Waals surface area contributed by atoms with Gasteiger partial charge >= 0.3 is 0 Å². The Balaban J connectivity index is 2.92. The minimum Gasteiger partial charge on any atom is -0.226 e. The average Bonchev–Trinajstić information content (AvgIpc) is 2.12. The summed E-state index contributed by atoms with van der Waals surface area (Å²) in [5.41, 5.74) is 2.00. The summed E-state index contributed by atoms with van der Waals surface area (Å²) >= 11 is 9.14. The lowest BCUT2D eigenvalue weighted by molar-refractivity contribution is 1.21. The molecule has 0 fully saturated rings. The van der Waals surface area contributed by atoms with Gasteiger partial charge in [-0.1, -0.05) is 22.0 Å². The molecular formula is C9H6BrClN2. The Kier molecular flexibility index (Phi) is 2.22. The van der Waals surface area contributed by atoms with Crippen molar-refractivity contribution in [1.29, 1.82) is 0 Å². The molecule has 0 spiro atoms. The highest BCUT2D eigenvalue weighted by atomic mass is 79.9. The van der Waals surface area contributed by atoms with Crippen molar-refractivity contribution in [2.24, 2.45) is 0 Å². The number of benzene rings is 1. The second-order valence-corrected chi connectivity index (χ2v) is 3.96. The van der Waals surface area contributed by atoms with Crippen molar-refractivity contribution in [1.82, 2.24) is 9.97 Å². The number of rotatable bonds is 0. The molecule has 66 valence electrons. The molecule has 1 aromatic carbocycles. The second-order valence-electron chi connectivity index (χ2n) is 2.77. The maximum atomic E-state index is 5.71. The number of halogens is 2. The van der Waals surface area contributed by atoms with Crippen molar-refractivity contribution < 1.29 is 0 Å². The molecule has 1 heterocycles. The SMILES string of the molecule is Cc1ccc(Br)c2cnc(Cl)nc12. The minimum atomic E-state index is 0.286. The highest BCUT2D eigenvalue weighted by Crippen LogP contribution is 2.25. The van der Waals surface area contributed by atoms with E-state index in [-0.39, 0.29) is 5.28 Å². The number of aromatic nitrogens is 2. The second kappa shape index (κ2) is 3.24. The van der Waals surface area contributed by atoms with E-state index in [1.54, 1.807) is 6.20 Å². The van der Waals surface area contributed by atoms with Crippen LogP contribution in [0, 0.1) is 6.92 Å². The molecule has 0 saturated carbocycles. The molecule has 0 N–H and O–H groups in total. The van der Waals surface area contributed by atoms with Crippen LogP contribution in [0.4, 0.5) is 0 Å². The van der Waals surface area contributed by atoms with Crippen LogP contribution < -0.4 is 0 Å². The maximum Gasteiger partial charge on any atom is 0.222 e. The lowest BCUT2D eigenvalue weighted by Gasteiger charge is -2.02. The number of aryl methyl sites for hydroxylation is 1. The van der Waals surface area contributed by atoms with Crippen LogP contribution >= 0.6 is 27.5 Å². The summed E-state index contributed by atoms with van der Waals surface area (Å²) in [7, 11) is 0. The Bertz CT molecular complexity index is 470. The zero-order chi connectivity index (χ0) is 9.42. The van der Waals surface area contributed by atoms with Gasteiger partial charge < -0.3 is 0 Å². The molecule has 0 unspecified atom stereocenters. The van der Waals surface area contributed by atoms with Gasteiger partial charge in [-0.15, -0.1) is 0 Å². The van der Waals surface area contributed by atoms with Crippen molar-refractivity contribution in [3.05, 3.63) is 33.6 Å². The van der Waals surface area contributed by atoms with Crippen molar-refractivity contribution in [2.45, 2.75) is 6.92 Å². The van der Waals surface area contributed by atoms with E-state index in [9.17, 15) is 0 Å². The van der Waals surface area contributed by atoms with Gasteiger partial charge in [-0.2, -0.15) is 0 Å². The topological polar surface area (TPSA) is 25.8 Å². The monoisotopic (exact) mass is 256 g/mol. The van der Waals surface area contributed by atoms with Gasteiger partial charge in [0.15, 0.2) is 0 Å². The predicted octanol–water partition coefficient (Wildman–Crippen LogP) is 3.35. The van der Waals surface area contributed by atoms with Gasteiger partial charge in [0, 0.05) is 16.1 Å². The van der Waals surface area contributed by atoms with Gasteiger partial charge in [-0.3, -0.25) is 0 Å². The summed E-state index contributed by atoms with van der Waals surface area (Å²) < 4.78 is 0.991. The van der Waals surface area contributed by atoms with Crippen LogP contribution in [0.2, 0.25) is 5.28 Å². The number of hydrogen-bond acceptors (Lipinski definition) is 2. The molecule has 2 nitrogen and oxygen atoms in total. The molecule has 0 bridgehead atoms. The first-order valence-corrected chi connectivity index (χ1v) is 4.93. The summed E-state index contributed by atoms with van der Waals surface area (Å²) in [6.07, 6.45) is 1.72. The first kappa shape index (κ1) is 8.91. The maximum absolute atomic E-state index is 5.71. The normalized spacial score (nSPS) is 10.7. The Morgan fingerprint density at radius 1 is 1.38 bits per heavy atom. The van der Waals surface area contributed by atoms with Crippen LogP contribution in [0.15, 0.2) is 22.8 Å². The Morgan fingerprint density at radius 2 is 2.15 bits per heavy atom. The third kappa shape index (κ3) is 1.54. The highest BCUT2D eigenvalue weighted by molar-refractivity contribution is 9.10. The quantitative estimate of drug-likeness (QED) is 0.676. The van der Waals surface area contributed by atoms with Crippen LogP contribution in [0.1, 0.15) is 5.56 Å². The molecule has 0 aliphatic rings. The van der Waals surface area contributed by atoms with Gasteiger partial charge in [0.2, 0.25) is 5.28 Å². The fourth-order valence-electron chi connectivity index (χ4n) is 1.20. The molecule has 0 amide bonds. The standard InChI is InChI=1S/C9H6BrClN2/c1-5-2-3-7(10)6-4-12-9(11)13-8(5)6/h2-4H,1H3. The highest BCUT2D eigenvalue weighted by Gasteiger charge is 2.03. The Labute approximate surface area is 89.1 Å². The Hall–Kier alpha value is -0.670. The largest absolute Gasteiger partial charge is 0.226 e. The van der Waals surface area contributed by atoms with Gasteiger partial charge in [-0.25, -0.2) is 9.97 Å². The molecule has 0 aliphatic carbocycles. The molecular weight excluding hydrogens is 251 g/mol. The van der Waals surface area contributed by atoms with Crippen LogP contribution in [0.5, 0.6) is 0 Å². The zero-order valence-electron chi connectivity index (χ0n) is 6.88. The molecule has 4 heteroatoms. The molecule has 2 aromatic rings. The van der Waals surface area contributed by atoms with Gasteiger partial charge in [0.25, 0.3) is 0 Å². The van der Waals surface area contributed by atoms with E-state index in [1.807, 2.05) is 19.1 Å². The first-order valence-electron chi connectivity index (χ1n) is 3.76. The average molecular weight is 258 g/mol. The first-order chi connectivity index (χ1) is 6.18. The summed E-state index contributed by atoms with van der Waals surface area (Å²) in [5.74, 6) is 0. The van der Waals surface area contributed by atoms with E-state index in [1.165, 1.54) is 0 Å². The van der Waals surface area contributed by atoms with E-state index in [2.05, 4.69) is 25.9 Å². The molecule has 0 saturated heterocycles. The number of fused-ring (bicyclic) bond motifs is 1. The van der Waals surface area contributed by atoms with Crippen LogP contribution in [-0.2, 0) is 0 Å². The van der Waals surface area contributed by atoms with Crippen molar-refractivity contribution in [2.75, 3.05) is 0 Å². The number of nitrogens with zero attached hydrogens (tertiary/aromatic N) is 2. The molecule has 13 heavy (non-hydrogen) atoms. The van der Waals surface area contributed by atoms with E-state index in [0.717, 1.165) is 20.9 Å². The summed E-state index contributed by atoms with van der Waals surface area (Å²) in [6.45, 7) is 2.00. The molecule has 0 radical (unpaired) electrons. The van der Waals surface area contributed by atoms with E-state index >= 15 is 0 Å². The van der Waals surface area contributed by atoms with Gasteiger partial charge in [-0.05, 0) is 30.2 Å². The fourth-order valence-corrected chi connectivity index (χ4v) is 1.76. The zero-order valence-corrected chi connectivity index (χ0v) is 9.22. The third-order valence-electron chi connectivity index (χ3n) is 1.87.